The zero-order chi connectivity index (χ0) is 14.1. The van der Waals surface area contributed by atoms with E-state index in [-0.39, 0.29) is 36.8 Å². The lowest BCUT2D eigenvalue weighted by Gasteiger charge is -2.27. The van der Waals surface area contributed by atoms with Gasteiger partial charge in [0.2, 0.25) is 0 Å². The Labute approximate surface area is 141 Å². The van der Waals surface area contributed by atoms with E-state index in [0.717, 1.165) is 30.7 Å². The summed E-state index contributed by atoms with van der Waals surface area (Å²) in [4.78, 5) is 16.4. The van der Waals surface area contributed by atoms with E-state index in [1.165, 1.54) is 0 Å². The highest BCUT2D eigenvalue weighted by atomic mass is 35.5. The van der Waals surface area contributed by atoms with Gasteiger partial charge >= 0.3 is 0 Å². The van der Waals surface area contributed by atoms with Gasteiger partial charge in [0.25, 0.3) is 5.91 Å². The summed E-state index contributed by atoms with van der Waals surface area (Å²) in [6.07, 6.45) is 3.38. The van der Waals surface area contributed by atoms with E-state index < -0.39 is 0 Å². The molecule has 2 aromatic rings. The lowest BCUT2D eigenvalue weighted by atomic mass is 10.0. The van der Waals surface area contributed by atoms with Crippen LogP contribution in [-0.4, -0.2) is 40.3 Å². The molecule has 22 heavy (non-hydrogen) atoms. The first kappa shape index (κ1) is 18.7. The zero-order valence-electron chi connectivity index (χ0n) is 12.6. The average Bonchev–Trinajstić information content (AvgIpc) is 2.79. The van der Waals surface area contributed by atoms with Crippen molar-refractivity contribution in [1.29, 1.82) is 0 Å². The summed E-state index contributed by atoms with van der Waals surface area (Å²) >= 11 is 0. The number of aromatic nitrogens is 3. The van der Waals surface area contributed by atoms with Crippen molar-refractivity contribution < 1.29 is 4.79 Å². The molecule has 1 amide bonds. The zero-order valence-corrected chi connectivity index (χ0v) is 14.2. The van der Waals surface area contributed by atoms with Gasteiger partial charge in [-0.3, -0.25) is 4.79 Å². The number of nitrogens with zero attached hydrogens (tertiary/aromatic N) is 3. The number of hydrogen-bond donors (Lipinski definition) is 2. The first-order chi connectivity index (χ1) is 9.65. The quantitative estimate of drug-likeness (QED) is 0.886. The van der Waals surface area contributed by atoms with Gasteiger partial charge in [-0.2, -0.15) is 5.10 Å². The van der Waals surface area contributed by atoms with Crippen molar-refractivity contribution in [2.45, 2.75) is 19.9 Å². The highest BCUT2D eigenvalue weighted by Gasteiger charge is 2.18. The second-order valence-corrected chi connectivity index (χ2v) is 5.55. The normalized spacial score (nSPS) is 14.1. The first-order valence-corrected chi connectivity index (χ1v) is 6.97. The predicted octanol–water partition coefficient (Wildman–Crippen LogP) is 1.80. The van der Waals surface area contributed by atoms with E-state index in [4.69, 9.17) is 0 Å². The second-order valence-electron chi connectivity index (χ2n) is 5.55. The Hall–Kier alpha value is -1.37. The summed E-state index contributed by atoms with van der Waals surface area (Å²) in [6, 6.07) is 2.11. The standard InChI is InChI=1S/C14H19N5O.2ClH/c1-9(2)19-13-11(8-18-19)3-12(7-16-13)14(20)17-6-10-4-15-5-10;;/h3,7-10,15H,4-6H2,1-2H3,(H,17,20);2*1H. The lowest BCUT2D eigenvalue weighted by Crippen LogP contribution is -2.48. The number of carbonyl (C=O) groups is 1. The lowest BCUT2D eigenvalue weighted by molar-refractivity contribution is 0.0942. The average molecular weight is 346 g/mol. The molecule has 0 unspecified atom stereocenters. The predicted molar refractivity (Wildman–Crippen MR) is 91.1 cm³/mol. The van der Waals surface area contributed by atoms with E-state index >= 15 is 0 Å². The molecule has 0 aliphatic carbocycles. The summed E-state index contributed by atoms with van der Waals surface area (Å²) < 4.78 is 1.86. The molecular weight excluding hydrogens is 325 g/mol. The van der Waals surface area contributed by atoms with Crippen LogP contribution in [0.3, 0.4) is 0 Å². The van der Waals surface area contributed by atoms with Crippen molar-refractivity contribution in [3.63, 3.8) is 0 Å². The highest BCUT2D eigenvalue weighted by Crippen LogP contribution is 2.16. The second kappa shape index (κ2) is 7.76. The molecule has 122 valence electrons. The van der Waals surface area contributed by atoms with Crippen LogP contribution in [0.25, 0.3) is 11.0 Å². The third-order valence-corrected chi connectivity index (χ3v) is 3.60. The van der Waals surface area contributed by atoms with Gasteiger partial charge in [0, 0.05) is 43.2 Å². The maximum absolute atomic E-state index is 12.1. The van der Waals surface area contributed by atoms with Gasteiger partial charge in [-0.15, -0.1) is 24.8 Å². The Morgan fingerprint density at radius 2 is 2.14 bits per heavy atom. The van der Waals surface area contributed by atoms with Crippen molar-refractivity contribution in [3.8, 4) is 0 Å². The first-order valence-electron chi connectivity index (χ1n) is 6.97. The monoisotopic (exact) mass is 345 g/mol. The fraction of sp³-hybridized carbons (Fsp3) is 0.500. The number of pyridine rings is 1. The number of hydrogen-bond acceptors (Lipinski definition) is 4. The van der Waals surface area contributed by atoms with Crippen LogP contribution in [0.15, 0.2) is 18.5 Å². The van der Waals surface area contributed by atoms with Gasteiger partial charge in [-0.1, -0.05) is 0 Å². The largest absolute Gasteiger partial charge is 0.352 e. The number of fused-ring (bicyclic) bond motifs is 1. The van der Waals surface area contributed by atoms with Gasteiger partial charge in [-0.05, 0) is 19.9 Å². The molecule has 0 radical (unpaired) electrons. The van der Waals surface area contributed by atoms with Crippen molar-refractivity contribution in [2.75, 3.05) is 19.6 Å². The van der Waals surface area contributed by atoms with Crippen LogP contribution >= 0.6 is 24.8 Å². The molecule has 0 saturated carbocycles. The van der Waals surface area contributed by atoms with Gasteiger partial charge in [0.05, 0.1) is 11.8 Å². The van der Waals surface area contributed by atoms with Crippen LogP contribution in [0.4, 0.5) is 0 Å². The Balaban J connectivity index is 0.00000121. The fourth-order valence-electron chi connectivity index (χ4n) is 2.27. The van der Waals surface area contributed by atoms with Gasteiger partial charge < -0.3 is 10.6 Å². The summed E-state index contributed by atoms with van der Waals surface area (Å²) in [6.45, 7) is 6.80. The van der Waals surface area contributed by atoms with Gasteiger partial charge in [0.1, 0.15) is 0 Å². The smallest absolute Gasteiger partial charge is 0.252 e. The topological polar surface area (TPSA) is 71.8 Å². The summed E-state index contributed by atoms with van der Waals surface area (Å²) in [5.74, 6) is 0.489. The van der Waals surface area contributed by atoms with Crippen molar-refractivity contribution >= 4 is 41.8 Å². The third-order valence-electron chi connectivity index (χ3n) is 3.60. The molecule has 0 atom stereocenters. The fourth-order valence-corrected chi connectivity index (χ4v) is 2.27. The minimum Gasteiger partial charge on any atom is -0.352 e. The van der Waals surface area contributed by atoms with Gasteiger partial charge in [0.15, 0.2) is 5.65 Å². The van der Waals surface area contributed by atoms with Crippen LogP contribution in [0.1, 0.15) is 30.2 Å². The molecule has 0 aromatic carbocycles. The van der Waals surface area contributed by atoms with Crippen LogP contribution in [-0.2, 0) is 0 Å². The van der Waals surface area contributed by atoms with Crippen molar-refractivity contribution in [2.24, 2.45) is 5.92 Å². The molecule has 0 spiro atoms. The van der Waals surface area contributed by atoms with Crippen LogP contribution < -0.4 is 10.6 Å². The summed E-state index contributed by atoms with van der Waals surface area (Å²) in [5, 5.41) is 11.3. The molecule has 3 heterocycles. The van der Waals surface area contributed by atoms with Gasteiger partial charge in [-0.25, -0.2) is 9.67 Å². The highest BCUT2D eigenvalue weighted by molar-refractivity contribution is 5.96. The minimum absolute atomic E-state index is 0. The summed E-state index contributed by atoms with van der Waals surface area (Å²) in [7, 11) is 0. The molecule has 3 rings (SSSR count). The van der Waals surface area contributed by atoms with E-state index in [0.29, 0.717) is 11.5 Å². The molecule has 2 aromatic heterocycles. The molecule has 1 fully saturated rings. The van der Waals surface area contributed by atoms with Crippen LogP contribution in [0.2, 0.25) is 0 Å². The molecule has 1 aliphatic rings. The third kappa shape index (κ3) is 3.69. The molecule has 0 bridgehead atoms. The SMILES string of the molecule is CC(C)n1ncc2cc(C(=O)NCC3CNC3)cnc21.Cl.Cl. The molecule has 6 nitrogen and oxygen atoms in total. The number of amides is 1. The van der Waals surface area contributed by atoms with Crippen LogP contribution in [0, 0.1) is 5.92 Å². The number of halogens is 2. The Kier molecular flexibility index (Phi) is 6.59. The van der Waals surface area contributed by atoms with E-state index in [1.807, 2.05) is 10.7 Å². The van der Waals surface area contributed by atoms with Crippen molar-refractivity contribution in [3.05, 3.63) is 24.0 Å². The Morgan fingerprint density at radius 1 is 1.41 bits per heavy atom. The summed E-state index contributed by atoms with van der Waals surface area (Å²) in [5.41, 5.74) is 1.41. The minimum atomic E-state index is -0.0661. The number of rotatable bonds is 4. The maximum Gasteiger partial charge on any atom is 0.252 e. The Morgan fingerprint density at radius 3 is 2.73 bits per heavy atom. The van der Waals surface area contributed by atoms with Crippen LogP contribution in [0.5, 0.6) is 0 Å². The van der Waals surface area contributed by atoms with Crippen molar-refractivity contribution in [1.82, 2.24) is 25.4 Å². The maximum atomic E-state index is 12.1. The molecule has 1 saturated heterocycles. The molecule has 2 N–H and O–H groups in total. The molecule has 8 heteroatoms. The Bertz CT molecular complexity index is 639. The van der Waals surface area contributed by atoms with E-state index in [2.05, 4.69) is 34.6 Å². The number of carbonyl (C=O) groups excluding carboxylic acids is 1. The molecular formula is C14H21Cl2N5O. The van der Waals surface area contributed by atoms with E-state index in [1.54, 1.807) is 12.4 Å². The molecule has 1 aliphatic heterocycles. The number of nitrogens with one attached hydrogen (secondary N) is 2. The van der Waals surface area contributed by atoms with E-state index in [9.17, 15) is 4.79 Å².